The summed E-state index contributed by atoms with van der Waals surface area (Å²) in [5.74, 6) is 0.215. The van der Waals surface area contributed by atoms with Gasteiger partial charge in [0.2, 0.25) is 5.91 Å². The summed E-state index contributed by atoms with van der Waals surface area (Å²) in [4.78, 5) is 25.5. The highest BCUT2D eigenvalue weighted by atomic mass is 35.5. The fourth-order valence-electron chi connectivity index (χ4n) is 2.73. The van der Waals surface area contributed by atoms with Gasteiger partial charge in [0.15, 0.2) is 0 Å². The van der Waals surface area contributed by atoms with Crippen molar-refractivity contribution in [2.24, 2.45) is 5.92 Å². The lowest BCUT2D eigenvalue weighted by Gasteiger charge is -2.27. The summed E-state index contributed by atoms with van der Waals surface area (Å²) < 4.78 is 0. The van der Waals surface area contributed by atoms with Crippen molar-refractivity contribution in [1.82, 2.24) is 15.5 Å². The molecule has 2 atom stereocenters. The maximum absolute atomic E-state index is 12.2. The molecule has 1 saturated heterocycles. The molecule has 0 bridgehead atoms. The van der Waals surface area contributed by atoms with Gasteiger partial charge in [-0.2, -0.15) is 0 Å². The van der Waals surface area contributed by atoms with E-state index >= 15 is 0 Å². The van der Waals surface area contributed by atoms with E-state index < -0.39 is 0 Å². The Bertz CT molecular complexity index is 531. The largest absolute Gasteiger partial charge is 0.352 e. The van der Waals surface area contributed by atoms with Crippen LogP contribution in [0.15, 0.2) is 24.3 Å². The lowest BCUT2D eigenvalue weighted by atomic mass is 9.92. The molecule has 0 spiro atoms. The summed E-state index contributed by atoms with van der Waals surface area (Å²) in [5.41, 5.74) is 1.66. The Morgan fingerprint density at radius 1 is 1.26 bits per heavy atom. The first-order chi connectivity index (χ1) is 10.5. The van der Waals surface area contributed by atoms with Crippen LogP contribution in [-0.4, -0.2) is 43.4 Å². The topological polar surface area (TPSA) is 61.4 Å². The lowest BCUT2D eigenvalue weighted by molar-refractivity contribution is -0.126. The van der Waals surface area contributed by atoms with E-state index in [4.69, 9.17) is 0 Å². The summed E-state index contributed by atoms with van der Waals surface area (Å²) in [6.45, 7) is 3.52. The van der Waals surface area contributed by atoms with Crippen LogP contribution in [-0.2, 0) is 11.3 Å². The first kappa shape index (κ1) is 19.5. The summed E-state index contributed by atoms with van der Waals surface area (Å²) >= 11 is 0. The molecule has 1 aromatic rings. The maximum atomic E-state index is 12.2. The van der Waals surface area contributed by atoms with Crippen LogP contribution >= 0.6 is 12.4 Å². The quantitative estimate of drug-likeness (QED) is 0.879. The first-order valence-electron chi connectivity index (χ1n) is 7.79. The number of halogens is 1. The number of nitrogens with zero attached hydrogens (tertiary/aromatic N) is 1. The number of carbonyl (C=O) groups is 2. The molecule has 5 nitrogen and oxygen atoms in total. The van der Waals surface area contributed by atoms with Crippen molar-refractivity contribution in [1.29, 1.82) is 0 Å². The van der Waals surface area contributed by atoms with Crippen molar-refractivity contribution >= 4 is 24.2 Å². The van der Waals surface area contributed by atoms with E-state index in [9.17, 15) is 9.59 Å². The third kappa shape index (κ3) is 5.52. The zero-order valence-electron chi connectivity index (χ0n) is 14.0. The number of benzene rings is 1. The minimum absolute atomic E-state index is 0. The number of nitrogens with one attached hydrogen (secondary N) is 2. The van der Waals surface area contributed by atoms with Crippen LogP contribution < -0.4 is 10.6 Å². The predicted octanol–water partition coefficient (Wildman–Crippen LogP) is 1.81. The second-order valence-corrected chi connectivity index (χ2v) is 6.19. The zero-order valence-corrected chi connectivity index (χ0v) is 14.8. The molecule has 6 heteroatoms. The van der Waals surface area contributed by atoms with E-state index in [-0.39, 0.29) is 30.1 Å². The SMILES string of the molecule is C[C@H]1C[C@@H](C(=O)NCc2ccc(C(=O)N(C)C)cc2)CCN1.Cl. The maximum Gasteiger partial charge on any atom is 0.253 e. The number of amides is 2. The van der Waals surface area contributed by atoms with Gasteiger partial charge in [-0.25, -0.2) is 0 Å². The normalized spacial score (nSPS) is 20.3. The smallest absolute Gasteiger partial charge is 0.253 e. The second kappa shape index (κ2) is 8.89. The third-order valence-corrected chi connectivity index (χ3v) is 4.07. The highest BCUT2D eigenvalue weighted by Gasteiger charge is 2.24. The van der Waals surface area contributed by atoms with Crippen LogP contribution in [0.3, 0.4) is 0 Å². The van der Waals surface area contributed by atoms with Gasteiger partial charge in [0.25, 0.3) is 5.91 Å². The van der Waals surface area contributed by atoms with Crippen LogP contribution in [0.1, 0.15) is 35.7 Å². The Labute approximate surface area is 144 Å². The third-order valence-electron chi connectivity index (χ3n) is 4.07. The zero-order chi connectivity index (χ0) is 16.1. The first-order valence-corrected chi connectivity index (χ1v) is 7.79. The molecule has 2 rings (SSSR count). The summed E-state index contributed by atoms with van der Waals surface area (Å²) in [5, 5.41) is 6.35. The molecule has 0 aliphatic carbocycles. The van der Waals surface area contributed by atoms with Crippen LogP contribution in [0, 0.1) is 5.92 Å². The van der Waals surface area contributed by atoms with Crippen molar-refractivity contribution in [2.45, 2.75) is 32.4 Å². The molecular weight excluding hydrogens is 314 g/mol. The molecule has 1 heterocycles. The highest BCUT2D eigenvalue weighted by molar-refractivity contribution is 5.93. The fourth-order valence-corrected chi connectivity index (χ4v) is 2.73. The van der Waals surface area contributed by atoms with E-state index in [1.807, 2.05) is 12.1 Å². The molecule has 0 unspecified atom stereocenters. The minimum atomic E-state index is -0.0146. The van der Waals surface area contributed by atoms with Gasteiger partial charge in [-0.1, -0.05) is 12.1 Å². The Balaban J connectivity index is 0.00000264. The van der Waals surface area contributed by atoms with E-state index in [0.717, 1.165) is 24.9 Å². The number of carbonyl (C=O) groups excluding carboxylic acids is 2. The van der Waals surface area contributed by atoms with Crippen LogP contribution in [0.4, 0.5) is 0 Å². The van der Waals surface area contributed by atoms with Gasteiger partial charge in [0.1, 0.15) is 0 Å². The molecule has 2 amide bonds. The van der Waals surface area contributed by atoms with Crippen LogP contribution in [0.25, 0.3) is 0 Å². The van der Waals surface area contributed by atoms with Gasteiger partial charge in [0, 0.05) is 38.2 Å². The Hall–Kier alpha value is -1.59. The van der Waals surface area contributed by atoms with E-state index in [2.05, 4.69) is 17.6 Å². The summed E-state index contributed by atoms with van der Waals surface area (Å²) in [6, 6.07) is 7.79. The van der Waals surface area contributed by atoms with E-state index in [0.29, 0.717) is 18.2 Å². The Morgan fingerprint density at radius 2 is 1.91 bits per heavy atom. The average molecular weight is 340 g/mol. The fraction of sp³-hybridized carbons (Fsp3) is 0.529. The molecule has 1 aliphatic rings. The molecule has 128 valence electrons. The highest BCUT2D eigenvalue weighted by Crippen LogP contribution is 2.16. The molecule has 0 saturated carbocycles. The number of rotatable bonds is 4. The molecule has 1 fully saturated rings. The van der Waals surface area contributed by atoms with Gasteiger partial charge >= 0.3 is 0 Å². The van der Waals surface area contributed by atoms with E-state index in [1.165, 1.54) is 0 Å². The van der Waals surface area contributed by atoms with Crippen molar-refractivity contribution in [3.05, 3.63) is 35.4 Å². The molecular formula is C17H26ClN3O2. The number of piperidine rings is 1. The van der Waals surface area contributed by atoms with Gasteiger partial charge in [0.05, 0.1) is 0 Å². The van der Waals surface area contributed by atoms with Gasteiger partial charge in [-0.05, 0) is 44.0 Å². The molecule has 0 aromatic heterocycles. The second-order valence-electron chi connectivity index (χ2n) is 6.19. The predicted molar refractivity (Wildman–Crippen MR) is 93.7 cm³/mol. The van der Waals surface area contributed by atoms with Gasteiger partial charge in [-0.3, -0.25) is 9.59 Å². The van der Waals surface area contributed by atoms with Crippen molar-refractivity contribution in [3.63, 3.8) is 0 Å². The standard InChI is InChI=1S/C17H25N3O2.ClH/c1-12-10-15(8-9-18-12)16(21)19-11-13-4-6-14(7-5-13)17(22)20(2)3;/h4-7,12,15,18H,8-11H2,1-3H3,(H,19,21);1H/t12-,15-;/m0./s1. The van der Waals surface area contributed by atoms with Crippen LogP contribution in [0.2, 0.25) is 0 Å². The molecule has 23 heavy (non-hydrogen) atoms. The Morgan fingerprint density at radius 3 is 2.48 bits per heavy atom. The molecule has 2 N–H and O–H groups in total. The molecule has 0 radical (unpaired) electrons. The van der Waals surface area contributed by atoms with Crippen molar-refractivity contribution in [3.8, 4) is 0 Å². The lowest BCUT2D eigenvalue weighted by Crippen LogP contribution is -2.42. The summed E-state index contributed by atoms with van der Waals surface area (Å²) in [6.07, 6.45) is 1.79. The number of hydrogen-bond donors (Lipinski definition) is 2. The van der Waals surface area contributed by atoms with Gasteiger partial charge < -0.3 is 15.5 Å². The van der Waals surface area contributed by atoms with E-state index in [1.54, 1.807) is 31.1 Å². The van der Waals surface area contributed by atoms with Crippen molar-refractivity contribution in [2.75, 3.05) is 20.6 Å². The van der Waals surface area contributed by atoms with Crippen LogP contribution in [0.5, 0.6) is 0 Å². The summed E-state index contributed by atoms with van der Waals surface area (Å²) in [7, 11) is 3.47. The molecule has 1 aliphatic heterocycles. The minimum Gasteiger partial charge on any atom is -0.352 e. The Kier molecular flexibility index (Phi) is 7.52. The molecule has 1 aromatic carbocycles. The average Bonchev–Trinajstić information content (AvgIpc) is 2.52. The van der Waals surface area contributed by atoms with Crippen molar-refractivity contribution < 1.29 is 9.59 Å². The monoisotopic (exact) mass is 339 g/mol. The number of hydrogen-bond acceptors (Lipinski definition) is 3. The van der Waals surface area contributed by atoms with Gasteiger partial charge in [-0.15, -0.1) is 12.4 Å².